The minimum Gasteiger partial charge on any atom is -0.494 e. The quantitative estimate of drug-likeness (QED) is 0.258. The largest absolute Gasteiger partial charge is 0.494 e. The second kappa shape index (κ2) is 10.0. The second-order valence-corrected chi connectivity index (χ2v) is 9.05. The first-order valence-corrected chi connectivity index (χ1v) is 11.8. The number of hydrogen-bond acceptors (Lipinski definition) is 5. The van der Waals surface area contributed by atoms with Gasteiger partial charge in [-0.3, -0.25) is 9.69 Å². The Morgan fingerprint density at radius 2 is 1.94 bits per heavy atom. The number of anilines is 1. The number of benzene rings is 2. The molecule has 32 heavy (non-hydrogen) atoms. The average molecular weight is 449 g/mol. The van der Waals surface area contributed by atoms with E-state index in [4.69, 9.17) is 14.1 Å². The van der Waals surface area contributed by atoms with Crippen LogP contribution in [0.2, 0.25) is 0 Å². The molecule has 6 heteroatoms. The number of amides is 1. The molecule has 0 saturated heterocycles. The Labute approximate surface area is 192 Å². The molecule has 2 aromatic heterocycles. The molecule has 0 aliphatic rings. The summed E-state index contributed by atoms with van der Waals surface area (Å²) in [6, 6.07) is 17.2. The van der Waals surface area contributed by atoms with Crippen LogP contribution >= 0.6 is 11.3 Å². The van der Waals surface area contributed by atoms with Crippen molar-refractivity contribution in [1.29, 1.82) is 0 Å². The molecule has 0 aliphatic heterocycles. The number of furan rings is 1. The summed E-state index contributed by atoms with van der Waals surface area (Å²) in [5.74, 6) is 1.71. The Hall–Kier alpha value is -3.12. The van der Waals surface area contributed by atoms with Crippen molar-refractivity contribution in [1.82, 2.24) is 4.98 Å². The first kappa shape index (κ1) is 22.1. The fourth-order valence-corrected chi connectivity index (χ4v) is 4.51. The smallest absolute Gasteiger partial charge is 0.260 e. The van der Waals surface area contributed by atoms with Crippen LogP contribution in [-0.2, 0) is 6.54 Å². The number of carbonyl (C=O) groups excluding carboxylic acids is 1. The lowest BCUT2D eigenvalue weighted by atomic mass is 10.0. The monoisotopic (exact) mass is 448 g/mol. The fraction of sp³-hybridized carbons (Fsp3) is 0.308. The summed E-state index contributed by atoms with van der Waals surface area (Å²) < 4.78 is 12.4. The van der Waals surface area contributed by atoms with Crippen LogP contribution in [0.15, 0.2) is 65.3 Å². The van der Waals surface area contributed by atoms with Gasteiger partial charge in [0.05, 0.1) is 29.6 Å². The van der Waals surface area contributed by atoms with Gasteiger partial charge in [-0.25, -0.2) is 4.98 Å². The van der Waals surface area contributed by atoms with Gasteiger partial charge in [-0.15, -0.1) is 0 Å². The van der Waals surface area contributed by atoms with E-state index >= 15 is 0 Å². The Morgan fingerprint density at radius 3 is 2.62 bits per heavy atom. The number of ether oxygens (including phenoxy) is 1. The molecule has 2 heterocycles. The van der Waals surface area contributed by atoms with Crippen LogP contribution in [0, 0.1) is 0 Å². The zero-order chi connectivity index (χ0) is 22.5. The third-order valence-corrected chi connectivity index (χ3v) is 6.34. The molecule has 0 aliphatic carbocycles. The summed E-state index contributed by atoms with van der Waals surface area (Å²) in [7, 11) is 0. The van der Waals surface area contributed by atoms with Crippen molar-refractivity contribution in [3.8, 4) is 5.75 Å². The number of carbonyl (C=O) groups is 1. The van der Waals surface area contributed by atoms with Gasteiger partial charge in [-0.05, 0) is 60.4 Å². The topological polar surface area (TPSA) is 55.6 Å². The molecule has 0 radical (unpaired) electrons. The van der Waals surface area contributed by atoms with Gasteiger partial charge in [0.15, 0.2) is 5.13 Å². The highest BCUT2D eigenvalue weighted by Crippen LogP contribution is 2.35. The lowest BCUT2D eigenvalue weighted by molar-refractivity contribution is 0.0983. The molecule has 0 atom stereocenters. The van der Waals surface area contributed by atoms with Crippen molar-refractivity contribution in [2.24, 2.45) is 0 Å². The van der Waals surface area contributed by atoms with Crippen molar-refractivity contribution in [2.75, 3.05) is 11.5 Å². The van der Waals surface area contributed by atoms with E-state index in [2.05, 4.69) is 39.0 Å². The highest BCUT2D eigenvalue weighted by atomic mass is 32.1. The Morgan fingerprint density at radius 1 is 1.12 bits per heavy atom. The number of hydrogen-bond donors (Lipinski definition) is 0. The van der Waals surface area contributed by atoms with E-state index in [0.717, 1.165) is 28.8 Å². The summed E-state index contributed by atoms with van der Waals surface area (Å²) in [4.78, 5) is 20.1. The highest BCUT2D eigenvalue weighted by molar-refractivity contribution is 7.22. The number of para-hydroxylation sites is 1. The van der Waals surface area contributed by atoms with Crippen molar-refractivity contribution in [3.05, 3.63) is 77.7 Å². The standard InChI is InChI=1S/C26H28N2O3S/c1-4-5-15-30-20-13-11-19(12-14-20)25(29)28(17-21-8-7-16-31-21)26-27-24-22(18(2)3)9-6-10-23(24)32-26/h6-14,16,18H,4-5,15,17H2,1-3H3. The maximum Gasteiger partial charge on any atom is 0.260 e. The van der Waals surface area contributed by atoms with Gasteiger partial charge in [-0.1, -0.05) is 50.7 Å². The van der Waals surface area contributed by atoms with Gasteiger partial charge in [0.1, 0.15) is 11.5 Å². The van der Waals surface area contributed by atoms with Crippen LogP contribution in [0.4, 0.5) is 5.13 Å². The van der Waals surface area contributed by atoms with E-state index in [1.165, 1.54) is 16.9 Å². The molecular formula is C26H28N2O3S. The predicted octanol–water partition coefficient (Wildman–Crippen LogP) is 7.04. The molecule has 0 N–H and O–H groups in total. The molecule has 2 aromatic carbocycles. The molecule has 0 fully saturated rings. The molecule has 4 rings (SSSR count). The normalized spacial score (nSPS) is 11.2. The van der Waals surface area contributed by atoms with E-state index in [1.54, 1.807) is 11.2 Å². The summed E-state index contributed by atoms with van der Waals surface area (Å²) in [5, 5.41) is 0.665. The number of aromatic nitrogens is 1. The third kappa shape index (κ3) is 4.86. The minimum absolute atomic E-state index is 0.119. The van der Waals surface area contributed by atoms with Crippen LogP contribution < -0.4 is 9.64 Å². The summed E-state index contributed by atoms with van der Waals surface area (Å²) >= 11 is 1.53. The second-order valence-electron chi connectivity index (χ2n) is 8.04. The van der Waals surface area contributed by atoms with Gasteiger partial charge in [-0.2, -0.15) is 0 Å². The molecule has 0 unspecified atom stereocenters. The van der Waals surface area contributed by atoms with Gasteiger partial charge in [0, 0.05) is 5.56 Å². The van der Waals surface area contributed by atoms with Crippen molar-refractivity contribution in [2.45, 2.75) is 46.1 Å². The molecular weight excluding hydrogens is 420 g/mol. The van der Waals surface area contributed by atoms with E-state index in [-0.39, 0.29) is 5.91 Å². The minimum atomic E-state index is -0.119. The summed E-state index contributed by atoms with van der Waals surface area (Å²) in [6.45, 7) is 7.44. The van der Waals surface area contributed by atoms with Crippen molar-refractivity contribution >= 4 is 32.6 Å². The molecule has 0 spiro atoms. The van der Waals surface area contributed by atoms with Crippen LogP contribution in [0.25, 0.3) is 10.2 Å². The van der Waals surface area contributed by atoms with E-state index in [1.807, 2.05) is 36.4 Å². The fourth-order valence-electron chi connectivity index (χ4n) is 3.51. The lowest BCUT2D eigenvalue weighted by Gasteiger charge is -2.19. The highest BCUT2D eigenvalue weighted by Gasteiger charge is 2.23. The summed E-state index contributed by atoms with van der Waals surface area (Å²) in [6.07, 6.45) is 3.71. The molecule has 5 nitrogen and oxygen atoms in total. The summed E-state index contributed by atoms with van der Waals surface area (Å²) in [5.41, 5.74) is 2.73. The number of unbranched alkanes of at least 4 members (excludes halogenated alkanes) is 1. The van der Waals surface area contributed by atoms with E-state index in [0.29, 0.717) is 35.5 Å². The van der Waals surface area contributed by atoms with Gasteiger partial charge in [0.25, 0.3) is 5.91 Å². The van der Waals surface area contributed by atoms with Crippen LogP contribution in [-0.4, -0.2) is 17.5 Å². The first-order chi connectivity index (χ1) is 15.6. The molecule has 4 aromatic rings. The molecule has 0 saturated carbocycles. The maximum atomic E-state index is 13.5. The van der Waals surface area contributed by atoms with Crippen LogP contribution in [0.3, 0.4) is 0 Å². The SMILES string of the molecule is CCCCOc1ccc(C(=O)N(Cc2ccco2)c2nc3c(C(C)C)cccc3s2)cc1. The van der Waals surface area contributed by atoms with E-state index < -0.39 is 0 Å². The van der Waals surface area contributed by atoms with Gasteiger partial charge >= 0.3 is 0 Å². The number of thiazole rings is 1. The first-order valence-electron chi connectivity index (χ1n) is 11.0. The number of fused-ring (bicyclic) bond motifs is 1. The van der Waals surface area contributed by atoms with Crippen molar-refractivity contribution < 1.29 is 13.9 Å². The third-order valence-electron chi connectivity index (χ3n) is 5.30. The number of rotatable bonds is 9. The Bertz CT molecular complexity index is 1160. The van der Waals surface area contributed by atoms with Crippen LogP contribution in [0.5, 0.6) is 5.75 Å². The zero-order valence-corrected chi connectivity index (χ0v) is 19.5. The maximum absolute atomic E-state index is 13.5. The number of nitrogens with zero attached hydrogens (tertiary/aromatic N) is 2. The predicted molar refractivity (Wildman–Crippen MR) is 130 cm³/mol. The average Bonchev–Trinajstić information content (AvgIpc) is 3.47. The van der Waals surface area contributed by atoms with Gasteiger partial charge < -0.3 is 9.15 Å². The zero-order valence-electron chi connectivity index (χ0n) is 18.7. The van der Waals surface area contributed by atoms with Gasteiger partial charge in [0.2, 0.25) is 0 Å². The molecule has 1 amide bonds. The molecule has 166 valence electrons. The van der Waals surface area contributed by atoms with Crippen molar-refractivity contribution in [3.63, 3.8) is 0 Å². The Kier molecular flexibility index (Phi) is 6.90. The lowest BCUT2D eigenvalue weighted by Crippen LogP contribution is -2.30. The Balaban J connectivity index is 1.66. The van der Waals surface area contributed by atoms with E-state index in [9.17, 15) is 4.79 Å². The van der Waals surface area contributed by atoms with Crippen LogP contribution in [0.1, 0.15) is 61.2 Å². The molecule has 0 bridgehead atoms.